The van der Waals surface area contributed by atoms with Crippen molar-refractivity contribution in [2.45, 2.75) is 65.5 Å². The molecule has 2 atom stereocenters. The summed E-state index contributed by atoms with van der Waals surface area (Å²) in [6.07, 6.45) is 0.857. The quantitative estimate of drug-likeness (QED) is 0.633. The molecule has 1 aliphatic rings. The summed E-state index contributed by atoms with van der Waals surface area (Å²) in [5.41, 5.74) is 0.121. The summed E-state index contributed by atoms with van der Waals surface area (Å²) in [5.74, 6) is 0.216. The van der Waals surface area contributed by atoms with Gasteiger partial charge in [0.2, 0.25) is 5.91 Å². The maximum atomic E-state index is 13.3. The topological polar surface area (TPSA) is 81.7 Å². The molecule has 1 fully saturated rings. The number of hydrogen-bond donors (Lipinski definition) is 3. The van der Waals surface area contributed by atoms with Gasteiger partial charge in [0.1, 0.15) is 6.04 Å². The van der Waals surface area contributed by atoms with E-state index in [4.69, 9.17) is 11.6 Å². The summed E-state index contributed by atoms with van der Waals surface area (Å²) < 4.78 is 0. The van der Waals surface area contributed by atoms with Gasteiger partial charge >= 0.3 is 6.03 Å². The van der Waals surface area contributed by atoms with E-state index in [9.17, 15) is 14.7 Å². The van der Waals surface area contributed by atoms with E-state index in [-0.39, 0.29) is 23.8 Å². The highest BCUT2D eigenvalue weighted by Crippen LogP contribution is 2.42. The van der Waals surface area contributed by atoms with E-state index in [2.05, 4.69) is 36.6 Å². The van der Waals surface area contributed by atoms with Crippen LogP contribution < -0.4 is 10.6 Å². The third kappa shape index (κ3) is 6.61. The van der Waals surface area contributed by atoms with Crippen molar-refractivity contribution in [3.05, 3.63) is 34.9 Å². The maximum Gasteiger partial charge on any atom is 0.315 e. The first-order valence-electron chi connectivity index (χ1n) is 10.6. The number of likely N-dealkylation sites (tertiary alicyclic amines) is 1. The maximum absolute atomic E-state index is 13.3. The van der Waals surface area contributed by atoms with Gasteiger partial charge in [0, 0.05) is 24.7 Å². The summed E-state index contributed by atoms with van der Waals surface area (Å²) in [6.45, 7) is 12.8. The molecule has 1 saturated heterocycles. The molecule has 30 heavy (non-hydrogen) atoms. The second-order valence-corrected chi connectivity index (χ2v) is 10.4. The van der Waals surface area contributed by atoms with Crippen molar-refractivity contribution in [3.63, 3.8) is 0 Å². The molecule has 3 amide bonds. The van der Waals surface area contributed by atoms with Crippen LogP contribution in [0.3, 0.4) is 0 Å². The normalized spacial score (nSPS) is 20.0. The van der Waals surface area contributed by atoms with E-state index in [0.29, 0.717) is 19.0 Å². The zero-order valence-electron chi connectivity index (χ0n) is 19.0. The Kier molecular flexibility index (Phi) is 7.80. The Morgan fingerprint density at radius 1 is 1.27 bits per heavy atom. The van der Waals surface area contributed by atoms with Gasteiger partial charge in [-0.25, -0.2) is 4.79 Å². The molecule has 0 saturated carbocycles. The molecule has 0 spiro atoms. The zero-order chi connectivity index (χ0) is 22.7. The van der Waals surface area contributed by atoms with E-state index in [1.807, 2.05) is 30.9 Å². The molecule has 0 bridgehead atoms. The Hall–Kier alpha value is -1.79. The lowest BCUT2D eigenvalue weighted by atomic mass is 9.70. The highest BCUT2D eigenvalue weighted by Gasteiger charge is 2.40. The minimum atomic E-state index is -1.01. The van der Waals surface area contributed by atoms with Crippen LogP contribution in [0.25, 0.3) is 0 Å². The summed E-state index contributed by atoms with van der Waals surface area (Å²) in [4.78, 5) is 27.4. The van der Waals surface area contributed by atoms with Crippen molar-refractivity contribution in [1.82, 2.24) is 15.5 Å². The highest BCUT2D eigenvalue weighted by molar-refractivity contribution is 6.30. The fraction of sp³-hybridized carbons (Fsp3) is 0.652. The van der Waals surface area contributed by atoms with Gasteiger partial charge in [-0.1, -0.05) is 51.4 Å². The Bertz CT molecular complexity index is 741. The molecule has 0 radical (unpaired) electrons. The van der Waals surface area contributed by atoms with Crippen LogP contribution in [-0.4, -0.2) is 53.2 Å². The molecule has 6 nitrogen and oxygen atoms in total. The standard InChI is InChI=1S/C23H36ClN3O3/c1-15(2)19(26-21(29)25-13-23(5,6)30)20(28)27-12-11-18(22(3,4)14-27)16-7-9-17(24)10-8-16/h7-10,15,18-19,30H,11-14H2,1-6H3,(H2,25,26,29). The van der Waals surface area contributed by atoms with Crippen molar-refractivity contribution in [2.75, 3.05) is 19.6 Å². The second kappa shape index (κ2) is 9.56. The third-order valence-corrected chi connectivity index (χ3v) is 5.97. The first-order valence-corrected chi connectivity index (χ1v) is 11.0. The van der Waals surface area contributed by atoms with Gasteiger partial charge in [0.05, 0.1) is 5.60 Å². The highest BCUT2D eigenvalue weighted by atomic mass is 35.5. The van der Waals surface area contributed by atoms with Crippen LogP contribution in [0.4, 0.5) is 4.79 Å². The molecule has 0 aliphatic carbocycles. The van der Waals surface area contributed by atoms with Crippen molar-refractivity contribution >= 4 is 23.5 Å². The van der Waals surface area contributed by atoms with Crippen LogP contribution in [0.5, 0.6) is 0 Å². The molecule has 7 heteroatoms. The molecule has 1 aromatic carbocycles. The Labute approximate surface area is 185 Å². The monoisotopic (exact) mass is 437 g/mol. The Balaban J connectivity index is 2.05. The summed E-state index contributed by atoms with van der Waals surface area (Å²) in [5, 5.41) is 15.9. The molecule has 168 valence electrons. The lowest BCUT2D eigenvalue weighted by Gasteiger charge is -2.45. The Morgan fingerprint density at radius 2 is 1.87 bits per heavy atom. The van der Waals surface area contributed by atoms with E-state index < -0.39 is 17.7 Å². The average molecular weight is 438 g/mol. The van der Waals surface area contributed by atoms with Gasteiger partial charge in [-0.3, -0.25) is 4.79 Å². The van der Waals surface area contributed by atoms with Crippen LogP contribution >= 0.6 is 11.6 Å². The molecule has 2 rings (SSSR count). The van der Waals surface area contributed by atoms with Crippen LogP contribution in [0, 0.1) is 11.3 Å². The first kappa shape index (κ1) is 24.5. The van der Waals surface area contributed by atoms with Gasteiger partial charge in [0.15, 0.2) is 0 Å². The minimum absolute atomic E-state index is 0.0533. The average Bonchev–Trinajstić information content (AvgIpc) is 2.63. The number of benzene rings is 1. The molecular weight excluding hydrogens is 402 g/mol. The van der Waals surface area contributed by atoms with Gasteiger partial charge in [-0.15, -0.1) is 0 Å². The lowest BCUT2D eigenvalue weighted by Crippen LogP contribution is -2.57. The van der Waals surface area contributed by atoms with Gasteiger partial charge in [-0.05, 0) is 55.2 Å². The summed E-state index contributed by atoms with van der Waals surface area (Å²) in [6, 6.07) is 6.90. The van der Waals surface area contributed by atoms with Gasteiger partial charge in [0.25, 0.3) is 0 Å². The number of halogens is 1. The predicted molar refractivity (Wildman–Crippen MR) is 121 cm³/mol. The van der Waals surface area contributed by atoms with E-state index in [1.54, 1.807) is 13.8 Å². The zero-order valence-corrected chi connectivity index (χ0v) is 19.7. The fourth-order valence-electron chi connectivity index (χ4n) is 4.06. The van der Waals surface area contributed by atoms with Crippen molar-refractivity contribution in [3.8, 4) is 0 Å². The molecule has 0 aromatic heterocycles. The third-order valence-electron chi connectivity index (χ3n) is 5.71. The largest absolute Gasteiger partial charge is 0.389 e. The Morgan fingerprint density at radius 3 is 2.37 bits per heavy atom. The molecule has 2 unspecified atom stereocenters. The van der Waals surface area contributed by atoms with Crippen molar-refractivity contribution in [1.29, 1.82) is 0 Å². The number of urea groups is 1. The summed E-state index contributed by atoms with van der Waals surface area (Å²) in [7, 11) is 0. The number of nitrogens with zero attached hydrogens (tertiary/aromatic N) is 1. The number of carbonyl (C=O) groups is 2. The van der Waals surface area contributed by atoms with Crippen LogP contribution in [0.2, 0.25) is 5.02 Å². The predicted octanol–water partition coefficient (Wildman–Crippen LogP) is 3.78. The summed E-state index contributed by atoms with van der Waals surface area (Å²) >= 11 is 6.03. The number of aliphatic hydroxyl groups is 1. The molecular formula is C23H36ClN3O3. The molecule has 1 aliphatic heterocycles. The van der Waals surface area contributed by atoms with E-state index in [1.165, 1.54) is 5.56 Å². The molecule has 3 N–H and O–H groups in total. The second-order valence-electron chi connectivity index (χ2n) is 10.0. The van der Waals surface area contributed by atoms with Crippen molar-refractivity contribution in [2.24, 2.45) is 11.3 Å². The van der Waals surface area contributed by atoms with Crippen LogP contribution in [0.15, 0.2) is 24.3 Å². The van der Waals surface area contributed by atoms with Crippen LogP contribution in [0.1, 0.15) is 59.4 Å². The van der Waals surface area contributed by atoms with Gasteiger partial charge in [-0.2, -0.15) is 0 Å². The number of carbonyl (C=O) groups excluding carboxylic acids is 2. The molecule has 1 aromatic rings. The first-order chi connectivity index (χ1) is 13.8. The number of piperidine rings is 1. The fourth-order valence-corrected chi connectivity index (χ4v) is 4.18. The number of nitrogens with one attached hydrogen (secondary N) is 2. The lowest BCUT2D eigenvalue weighted by molar-refractivity contribution is -0.137. The van der Waals surface area contributed by atoms with Gasteiger partial charge < -0.3 is 20.6 Å². The smallest absolute Gasteiger partial charge is 0.315 e. The number of rotatable bonds is 6. The molecule has 1 heterocycles. The SMILES string of the molecule is CC(C)C(NC(=O)NCC(C)(C)O)C(=O)N1CCC(c2ccc(Cl)cc2)C(C)(C)C1. The van der Waals surface area contributed by atoms with Crippen LogP contribution in [-0.2, 0) is 4.79 Å². The number of hydrogen-bond acceptors (Lipinski definition) is 3. The van der Waals surface area contributed by atoms with E-state index in [0.717, 1.165) is 11.4 Å². The number of amides is 3. The minimum Gasteiger partial charge on any atom is -0.389 e. The van der Waals surface area contributed by atoms with Crippen molar-refractivity contribution < 1.29 is 14.7 Å². The van der Waals surface area contributed by atoms with E-state index >= 15 is 0 Å².